The Morgan fingerprint density at radius 3 is 2.42 bits per heavy atom. The molecule has 2 N–H and O–H groups in total. The maximum Gasteiger partial charge on any atom is 0.123 e. The van der Waals surface area contributed by atoms with E-state index in [4.69, 9.17) is 10.5 Å². The van der Waals surface area contributed by atoms with Crippen molar-refractivity contribution in [3.63, 3.8) is 0 Å². The minimum Gasteiger partial charge on any atom is -0.494 e. The second kappa shape index (κ2) is 7.81. The van der Waals surface area contributed by atoms with Gasteiger partial charge in [0.25, 0.3) is 0 Å². The van der Waals surface area contributed by atoms with E-state index in [9.17, 15) is 0 Å². The first kappa shape index (κ1) is 16.4. The summed E-state index contributed by atoms with van der Waals surface area (Å²) in [5.74, 6) is 2.67. The highest BCUT2D eigenvalue weighted by Crippen LogP contribution is 2.30. The van der Waals surface area contributed by atoms with Gasteiger partial charge in [0.2, 0.25) is 0 Å². The Kier molecular flexibility index (Phi) is 6.73. The van der Waals surface area contributed by atoms with Gasteiger partial charge in [-0.1, -0.05) is 26.8 Å². The van der Waals surface area contributed by atoms with Gasteiger partial charge >= 0.3 is 0 Å². The van der Waals surface area contributed by atoms with E-state index in [1.54, 1.807) is 0 Å². The Morgan fingerprint density at radius 2 is 1.89 bits per heavy atom. The summed E-state index contributed by atoms with van der Waals surface area (Å²) < 4.78 is 5.71. The molecular formula is C16H27NOS. The van der Waals surface area contributed by atoms with Crippen LogP contribution in [0.3, 0.4) is 0 Å². The molecule has 2 atom stereocenters. The molecule has 0 aliphatic rings. The molecule has 2 unspecified atom stereocenters. The Labute approximate surface area is 122 Å². The van der Waals surface area contributed by atoms with Crippen LogP contribution >= 0.6 is 11.8 Å². The predicted molar refractivity (Wildman–Crippen MR) is 85.8 cm³/mol. The second-order valence-electron chi connectivity index (χ2n) is 5.35. The smallest absolute Gasteiger partial charge is 0.123 e. The quantitative estimate of drug-likeness (QED) is 0.805. The molecule has 0 aliphatic carbocycles. The van der Waals surface area contributed by atoms with Crippen LogP contribution in [0.2, 0.25) is 0 Å². The van der Waals surface area contributed by atoms with Crippen LogP contribution in [0.25, 0.3) is 0 Å². The second-order valence-corrected chi connectivity index (χ2v) is 6.71. The molecule has 0 saturated heterocycles. The number of hydrogen-bond donors (Lipinski definition) is 1. The normalized spacial score (nSPS) is 14.5. The zero-order valence-corrected chi connectivity index (χ0v) is 13.6. The zero-order chi connectivity index (χ0) is 14.4. The summed E-state index contributed by atoms with van der Waals surface area (Å²) in [5.41, 5.74) is 8.40. The number of hydrogen-bond acceptors (Lipinski definition) is 3. The van der Waals surface area contributed by atoms with Crippen LogP contribution in [-0.4, -0.2) is 11.9 Å². The molecule has 108 valence electrons. The van der Waals surface area contributed by atoms with Gasteiger partial charge in [0.05, 0.1) is 6.61 Å². The molecule has 0 bridgehead atoms. The molecule has 0 heterocycles. The van der Waals surface area contributed by atoms with Crippen LogP contribution in [0.4, 0.5) is 0 Å². The van der Waals surface area contributed by atoms with Gasteiger partial charge in [-0.3, -0.25) is 0 Å². The van der Waals surface area contributed by atoms with Gasteiger partial charge in [0.15, 0.2) is 0 Å². The Bertz CT molecular complexity index is 390. The fraction of sp³-hybridized carbons (Fsp3) is 0.625. The summed E-state index contributed by atoms with van der Waals surface area (Å²) in [6.07, 6.45) is 0. The molecule has 2 nitrogen and oxygen atoms in total. The molecule has 0 fully saturated rings. The number of thioether (sulfide) groups is 1. The van der Waals surface area contributed by atoms with E-state index in [-0.39, 0.29) is 6.04 Å². The van der Waals surface area contributed by atoms with E-state index in [1.165, 1.54) is 11.1 Å². The Hall–Kier alpha value is -0.670. The van der Waals surface area contributed by atoms with Crippen LogP contribution in [0.15, 0.2) is 18.2 Å². The number of ether oxygens (including phenoxy) is 1. The lowest BCUT2D eigenvalue weighted by Gasteiger charge is -2.18. The minimum absolute atomic E-state index is 0.0712. The molecule has 0 aliphatic heterocycles. The van der Waals surface area contributed by atoms with Gasteiger partial charge in [-0.25, -0.2) is 0 Å². The maximum absolute atomic E-state index is 5.96. The van der Waals surface area contributed by atoms with Gasteiger partial charge in [-0.2, -0.15) is 11.8 Å². The molecular weight excluding hydrogens is 254 g/mol. The number of nitrogens with two attached hydrogens (primary N) is 1. The van der Waals surface area contributed by atoms with Crippen molar-refractivity contribution in [3.05, 3.63) is 29.3 Å². The van der Waals surface area contributed by atoms with Gasteiger partial charge in [0.1, 0.15) is 5.75 Å². The largest absolute Gasteiger partial charge is 0.494 e. The van der Waals surface area contributed by atoms with E-state index < -0.39 is 0 Å². The highest BCUT2D eigenvalue weighted by molar-refractivity contribution is 7.99. The van der Waals surface area contributed by atoms with Crippen molar-refractivity contribution in [3.8, 4) is 5.75 Å². The standard InChI is InChI=1S/C16H27NOS/c1-6-18-16-8-7-14(12(4)17)9-15(16)10-19-13(5)11(2)3/h7-9,11-13H,6,10,17H2,1-5H3. The molecule has 0 saturated carbocycles. The fourth-order valence-electron chi connectivity index (χ4n) is 1.71. The zero-order valence-electron chi connectivity index (χ0n) is 12.8. The van der Waals surface area contributed by atoms with Crippen molar-refractivity contribution in [2.45, 2.75) is 51.7 Å². The third-order valence-corrected chi connectivity index (χ3v) is 4.90. The van der Waals surface area contributed by atoms with Gasteiger partial charge < -0.3 is 10.5 Å². The molecule has 0 spiro atoms. The molecule has 0 aromatic heterocycles. The summed E-state index contributed by atoms with van der Waals surface area (Å²) in [6.45, 7) is 11.6. The maximum atomic E-state index is 5.96. The van der Waals surface area contributed by atoms with Crippen LogP contribution in [-0.2, 0) is 5.75 Å². The third kappa shape index (κ3) is 5.07. The highest BCUT2D eigenvalue weighted by atomic mass is 32.2. The highest BCUT2D eigenvalue weighted by Gasteiger charge is 2.12. The average molecular weight is 281 g/mol. The van der Waals surface area contributed by atoms with E-state index in [2.05, 4.69) is 39.0 Å². The average Bonchev–Trinajstić information content (AvgIpc) is 2.37. The minimum atomic E-state index is 0.0712. The van der Waals surface area contributed by atoms with Gasteiger partial charge in [0, 0.05) is 22.6 Å². The summed E-state index contributed by atoms with van der Waals surface area (Å²) in [5, 5.41) is 0.647. The SMILES string of the molecule is CCOc1ccc(C(C)N)cc1CSC(C)C(C)C. The van der Waals surface area contributed by atoms with Crippen molar-refractivity contribution in [1.82, 2.24) is 0 Å². The molecule has 0 amide bonds. The first-order chi connectivity index (χ1) is 8.95. The molecule has 1 aromatic carbocycles. The van der Waals surface area contributed by atoms with Gasteiger partial charge in [-0.05, 0) is 37.5 Å². The van der Waals surface area contributed by atoms with Crippen LogP contribution in [0.1, 0.15) is 51.8 Å². The van der Waals surface area contributed by atoms with E-state index in [1.807, 2.05) is 25.6 Å². The van der Waals surface area contributed by atoms with Crippen LogP contribution in [0.5, 0.6) is 5.75 Å². The Morgan fingerprint density at radius 1 is 1.21 bits per heavy atom. The van der Waals surface area contributed by atoms with E-state index >= 15 is 0 Å². The first-order valence-corrected chi connectivity index (χ1v) is 8.13. The number of rotatable bonds is 7. The lowest BCUT2D eigenvalue weighted by atomic mass is 10.1. The lowest BCUT2D eigenvalue weighted by Crippen LogP contribution is -2.08. The Balaban J connectivity index is 2.84. The van der Waals surface area contributed by atoms with Crippen molar-refractivity contribution in [1.29, 1.82) is 0 Å². The van der Waals surface area contributed by atoms with Crippen molar-refractivity contribution in [2.24, 2.45) is 11.7 Å². The predicted octanol–water partition coefficient (Wildman–Crippen LogP) is 4.38. The van der Waals surface area contributed by atoms with E-state index in [0.29, 0.717) is 17.8 Å². The third-order valence-electron chi connectivity index (χ3n) is 3.35. The topological polar surface area (TPSA) is 35.2 Å². The molecule has 0 radical (unpaired) electrons. The molecule has 1 aromatic rings. The fourth-order valence-corrected chi connectivity index (χ4v) is 2.76. The number of benzene rings is 1. The van der Waals surface area contributed by atoms with E-state index in [0.717, 1.165) is 11.5 Å². The van der Waals surface area contributed by atoms with Crippen LogP contribution < -0.4 is 10.5 Å². The molecule has 1 rings (SSSR count). The van der Waals surface area contributed by atoms with Crippen molar-refractivity contribution >= 4 is 11.8 Å². The molecule has 19 heavy (non-hydrogen) atoms. The lowest BCUT2D eigenvalue weighted by molar-refractivity contribution is 0.337. The summed E-state index contributed by atoms with van der Waals surface area (Å²) in [6, 6.07) is 6.38. The summed E-state index contributed by atoms with van der Waals surface area (Å²) in [7, 11) is 0. The van der Waals surface area contributed by atoms with Crippen LogP contribution in [0, 0.1) is 5.92 Å². The summed E-state index contributed by atoms with van der Waals surface area (Å²) >= 11 is 1.98. The summed E-state index contributed by atoms with van der Waals surface area (Å²) in [4.78, 5) is 0. The van der Waals surface area contributed by atoms with Crippen molar-refractivity contribution < 1.29 is 4.74 Å². The molecule has 3 heteroatoms. The van der Waals surface area contributed by atoms with Gasteiger partial charge in [-0.15, -0.1) is 0 Å². The van der Waals surface area contributed by atoms with Crippen molar-refractivity contribution in [2.75, 3.05) is 6.61 Å². The first-order valence-electron chi connectivity index (χ1n) is 7.08. The monoisotopic (exact) mass is 281 g/mol.